The summed E-state index contributed by atoms with van der Waals surface area (Å²) in [5.74, 6) is -0.718. The molecule has 6 atom stereocenters. The number of carbonyl (C=O) groups excluding carboxylic acids is 2. The Balaban J connectivity index is 2.37. The van der Waals surface area contributed by atoms with Crippen molar-refractivity contribution < 1.29 is 39.5 Å². The van der Waals surface area contributed by atoms with Crippen LogP contribution in [0.1, 0.15) is 13.8 Å². The second kappa shape index (κ2) is 7.45. The van der Waals surface area contributed by atoms with E-state index in [1.165, 1.54) is 6.92 Å². The second-order valence-corrected chi connectivity index (χ2v) is 5.63. The fourth-order valence-corrected chi connectivity index (χ4v) is 2.86. The largest absolute Gasteiger partial charge is 0.463 e. The van der Waals surface area contributed by atoms with Crippen LogP contribution in [0.25, 0.3) is 0 Å². The molecule has 2 rings (SSSR count). The molecule has 1 unspecified atom stereocenters. The molecule has 1 fully saturated rings. The van der Waals surface area contributed by atoms with Gasteiger partial charge in [-0.1, -0.05) is 0 Å². The van der Waals surface area contributed by atoms with Gasteiger partial charge in [0.25, 0.3) is 0 Å². The number of allylic oxidation sites excluding steroid dienone is 1. The summed E-state index contributed by atoms with van der Waals surface area (Å²) < 4.78 is 10.4. The van der Waals surface area contributed by atoms with E-state index >= 15 is 0 Å². The zero-order valence-corrected chi connectivity index (χ0v) is 13.3. The number of nitrogens with one attached hydrogen (secondary N) is 2. The van der Waals surface area contributed by atoms with Crippen molar-refractivity contribution in [3.8, 4) is 0 Å². The average Bonchev–Trinajstić information content (AvgIpc) is 2.52. The molecule has 0 bridgehead atoms. The van der Waals surface area contributed by atoms with Gasteiger partial charge in [0.1, 0.15) is 30.5 Å². The molecule has 6 N–H and O–H groups in total. The molecule has 0 spiro atoms. The average molecular weight is 346 g/mol. The molecule has 10 heteroatoms. The van der Waals surface area contributed by atoms with Crippen LogP contribution in [-0.2, 0) is 14.3 Å². The maximum Gasteiger partial charge on any atom is 0.337 e. The van der Waals surface area contributed by atoms with Crippen molar-refractivity contribution >= 4 is 12.0 Å². The molecule has 1 saturated heterocycles. The zero-order valence-electron chi connectivity index (χ0n) is 13.3. The van der Waals surface area contributed by atoms with Crippen LogP contribution < -0.4 is 10.6 Å². The fourth-order valence-electron chi connectivity index (χ4n) is 2.86. The van der Waals surface area contributed by atoms with Crippen LogP contribution >= 0.6 is 0 Å². The van der Waals surface area contributed by atoms with Crippen molar-refractivity contribution in [2.24, 2.45) is 0 Å². The summed E-state index contributed by atoms with van der Waals surface area (Å²) >= 11 is 0. The summed E-state index contributed by atoms with van der Waals surface area (Å²) in [4.78, 5) is 24.0. The van der Waals surface area contributed by atoms with E-state index in [0.717, 1.165) is 0 Å². The van der Waals surface area contributed by atoms with Gasteiger partial charge >= 0.3 is 12.0 Å². The predicted molar refractivity (Wildman–Crippen MR) is 78.6 cm³/mol. The van der Waals surface area contributed by atoms with Crippen molar-refractivity contribution in [3.05, 3.63) is 11.3 Å². The molecule has 0 saturated carbocycles. The lowest BCUT2D eigenvalue weighted by atomic mass is 9.87. The van der Waals surface area contributed by atoms with Crippen LogP contribution in [0.15, 0.2) is 11.3 Å². The quantitative estimate of drug-likeness (QED) is 0.301. The molecule has 0 aromatic carbocycles. The molecule has 136 valence electrons. The number of rotatable bonds is 4. The third-order valence-electron chi connectivity index (χ3n) is 4.06. The molecule has 0 aromatic rings. The standard InChI is InChI=1S/C14H22N2O8/c1-3-23-13(21)7-5(2)15-14(22)16-8(7)12-11(20)10(19)9(18)6(4-17)24-12/h6,8-12,17-20H,3-4H2,1-2H3,(H2,15,16,22)/t6-,8?,9+,10+,11-,12+/m1/s1. The van der Waals surface area contributed by atoms with E-state index in [1.807, 2.05) is 0 Å². The van der Waals surface area contributed by atoms with Crippen molar-refractivity contribution in [1.29, 1.82) is 0 Å². The summed E-state index contributed by atoms with van der Waals surface area (Å²) in [5.41, 5.74) is 0.250. The van der Waals surface area contributed by atoms with E-state index in [1.54, 1.807) is 6.92 Å². The number of carbonyl (C=O) groups is 2. The van der Waals surface area contributed by atoms with E-state index in [2.05, 4.69) is 10.6 Å². The third-order valence-corrected chi connectivity index (χ3v) is 4.06. The smallest absolute Gasteiger partial charge is 0.337 e. The van der Waals surface area contributed by atoms with Gasteiger partial charge in [0.05, 0.1) is 24.8 Å². The molecule has 0 aliphatic carbocycles. The minimum atomic E-state index is -1.61. The van der Waals surface area contributed by atoms with Crippen molar-refractivity contribution in [1.82, 2.24) is 10.6 Å². The van der Waals surface area contributed by atoms with Crippen LogP contribution in [0.5, 0.6) is 0 Å². The van der Waals surface area contributed by atoms with Gasteiger partial charge in [0.15, 0.2) is 0 Å². The monoisotopic (exact) mass is 346 g/mol. The Bertz CT molecular complexity index is 535. The first-order chi connectivity index (χ1) is 11.3. The topological polar surface area (TPSA) is 158 Å². The van der Waals surface area contributed by atoms with Crippen molar-refractivity contribution in [2.75, 3.05) is 13.2 Å². The third kappa shape index (κ3) is 3.37. The Hall–Kier alpha value is -1.72. The number of hydrogen-bond acceptors (Lipinski definition) is 8. The lowest BCUT2D eigenvalue weighted by Gasteiger charge is -2.44. The molecule has 0 aromatic heterocycles. The molecular formula is C14H22N2O8. The van der Waals surface area contributed by atoms with E-state index in [9.17, 15) is 30.0 Å². The summed E-state index contributed by atoms with van der Waals surface area (Å²) in [6.45, 7) is 2.59. The van der Waals surface area contributed by atoms with E-state index in [0.29, 0.717) is 0 Å². The van der Waals surface area contributed by atoms with Gasteiger partial charge in [0.2, 0.25) is 0 Å². The van der Waals surface area contributed by atoms with Crippen molar-refractivity contribution in [2.45, 2.75) is 50.4 Å². The van der Waals surface area contributed by atoms with Gasteiger partial charge in [-0.15, -0.1) is 0 Å². The van der Waals surface area contributed by atoms with E-state index in [-0.39, 0.29) is 17.9 Å². The van der Waals surface area contributed by atoms with Gasteiger partial charge in [-0.2, -0.15) is 0 Å². The van der Waals surface area contributed by atoms with Gasteiger partial charge < -0.3 is 40.5 Å². The van der Waals surface area contributed by atoms with Gasteiger partial charge in [-0.3, -0.25) is 0 Å². The zero-order chi connectivity index (χ0) is 18.0. The molecule has 0 radical (unpaired) electrons. The van der Waals surface area contributed by atoms with Crippen LogP contribution in [0.2, 0.25) is 0 Å². The first-order valence-corrected chi connectivity index (χ1v) is 7.57. The van der Waals surface area contributed by atoms with Gasteiger partial charge in [0, 0.05) is 5.70 Å². The van der Waals surface area contributed by atoms with Crippen LogP contribution in [0.3, 0.4) is 0 Å². The van der Waals surface area contributed by atoms with Crippen molar-refractivity contribution in [3.63, 3.8) is 0 Å². The lowest BCUT2D eigenvalue weighted by molar-refractivity contribution is -0.233. The molecule has 2 aliphatic rings. The number of urea groups is 1. The predicted octanol–water partition coefficient (Wildman–Crippen LogP) is -2.65. The first kappa shape index (κ1) is 18.6. The minimum Gasteiger partial charge on any atom is -0.463 e. The number of aliphatic hydroxyl groups excluding tert-OH is 4. The Morgan fingerprint density at radius 2 is 1.92 bits per heavy atom. The highest BCUT2D eigenvalue weighted by molar-refractivity contribution is 5.94. The Morgan fingerprint density at radius 3 is 2.50 bits per heavy atom. The van der Waals surface area contributed by atoms with Crippen LogP contribution in [-0.4, -0.2) is 82.2 Å². The summed E-state index contributed by atoms with van der Waals surface area (Å²) in [5, 5.41) is 44.1. The first-order valence-electron chi connectivity index (χ1n) is 7.57. The Morgan fingerprint density at radius 1 is 1.25 bits per heavy atom. The molecule has 2 aliphatic heterocycles. The molecular weight excluding hydrogens is 324 g/mol. The maximum absolute atomic E-state index is 12.2. The number of aliphatic hydroxyl groups is 4. The molecule has 2 heterocycles. The maximum atomic E-state index is 12.2. The Kier molecular flexibility index (Phi) is 5.78. The van der Waals surface area contributed by atoms with E-state index < -0.39 is 55.2 Å². The highest BCUT2D eigenvalue weighted by Crippen LogP contribution is 2.28. The van der Waals surface area contributed by atoms with Gasteiger partial charge in [-0.05, 0) is 13.8 Å². The van der Waals surface area contributed by atoms with Crippen LogP contribution in [0.4, 0.5) is 4.79 Å². The number of ether oxygens (including phenoxy) is 2. The number of amides is 2. The lowest BCUT2D eigenvalue weighted by Crippen LogP contribution is -2.66. The molecule has 24 heavy (non-hydrogen) atoms. The highest BCUT2D eigenvalue weighted by atomic mass is 16.5. The van der Waals surface area contributed by atoms with Crippen LogP contribution in [0, 0.1) is 0 Å². The minimum absolute atomic E-state index is 0.0285. The van der Waals surface area contributed by atoms with E-state index in [4.69, 9.17) is 9.47 Å². The number of hydrogen-bond donors (Lipinski definition) is 6. The highest BCUT2D eigenvalue weighted by Gasteiger charge is 2.49. The summed E-state index contributed by atoms with van der Waals surface area (Å²) in [6, 6.07) is -1.74. The fraction of sp³-hybridized carbons (Fsp3) is 0.714. The normalized spacial score (nSPS) is 36.8. The molecule has 10 nitrogen and oxygen atoms in total. The molecule has 2 amide bonds. The summed E-state index contributed by atoms with van der Waals surface area (Å²) in [7, 11) is 0. The van der Waals surface area contributed by atoms with Gasteiger partial charge in [-0.25, -0.2) is 9.59 Å². The summed E-state index contributed by atoms with van der Waals surface area (Å²) in [6.07, 6.45) is -7.15. The second-order valence-electron chi connectivity index (χ2n) is 5.63. The Labute approximate surface area is 138 Å². The SMILES string of the molecule is CCOC(=O)C1=C(C)NC(=O)NC1[C@@H]1O[C@H](CO)[C@H](O)[C@H](O)[C@H]1O. The number of esters is 1.